The van der Waals surface area contributed by atoms with Crippen molar-refractivity contribution < 1.29 is 0 Å². The molecule has 0 saturated carbocycles. The Morgan fingerprint density at radius 1 is 1.26 bits per heavy atom. The second kappa shape index (κ2) is 6.60. The average Bonchev–Trinajstić information content (AvgIpc) is 2.99. The van der Waals surface area contributed by atoms with Crippen molar-refractivity contribution in [2.75, 3.05) is 0 Å². The maximum absolute atomic E-state index is 5.65. The van der Waals surface area contributed by atoms with Crippen LogP contribution in [0.4, 0.5) is 0 Å². The molecule has 3 N–H and O–H groups in total. The van der Waals surface area contributed by atoms with E-state index in [1.54, 1.807) is 6.20 Å². The minimum absolute atomic E-state index is 0.677. The van der Waals surface area contributed by atoms with Crippen molar-refractivity contribution in [3.63, 3.8) is 0 Å². The number of rotatable bonds is 5. The quantitative estimate of drug-likeness (QED) is 0.431. The van der Waals surface area contributed by atoms with E-state index in [4.69, 9.17) is 5.84 Å². The minimum atomic E-state index is 0.677. The van der Waals surface area contributed by atoms with E-state index in [0.29, 0.717) is 11.6 Å². The summed E-state index contributed by atoms with van der Waals surface area (Å²) in [6.45, 7) is 4.44. The number of H-pyrrole nitrogens is 1. The molecule has 0 spiro atoms. The normalized spacial score (nSPS) is 12.2. The Hall–Kier alpha value is -2.69. The summed E-state index contributed by atoms with van der Waals surface area (Å²) < 4.78 is 0. The van der Waals surface area contributed by atoms with Crippen LogP contribution in [0.1, 0.15) is 37.1 Å². The lowest BCUT2D eigenvalue weighted by Crippen LogP contribution is -2.07. The SMILES string of the molecule is CC(C)CCc1ccc(/C(=N\N)c2c[nH]c3ncccc23)cn1. The first-order valence-corrected chi connectivity index (χ1v) is 7.84. The van der Waals surface area contributed by atoms with E-state index >= 15 is 0 Å². The lowest BCUT2D eigenvalue weighted by Gasteiger charge is -2.07. The van der Waals surface area contributed by atoms with Crippen LogP contribution >= 0.6 is 0 Å². The number of hydrazone groups is 1. The first-order valence-electron chi connectivity index (χ1n) is 7.84. The van der Waals surface area contributed by atoms with Gasteiger partial charge in [-0.3, -0.25) is 4.98 Å². The fourth-order valence-electron chi connectivity index (χ4n) is 2.60. The van der Waals surface area contributed by atoms with Crippen molar-refractivity contribution in [3.8, 4) is 0 Å². The lowest BCUT2D eigenvalue weighted by atomic mass is 10.0. The zero-order chi connectivity index (χ0) is 16.2. The monoisotopic (exact) mass is 307 g/mol. The molecule has 0 saturated heterocycles. The third kappa shape index (κ3) is 3.23. The molecule has 23 heavy (non-hydrogen) atoms. The standard InChI is InChI=1S/C18H21N5/c1-12(2)5-7-14-8-6-13(10-21-14)17(23-19)16-11-22-18-15(16)4-3-9-20-18/h3-4,6,8-12H,5,7,19H2,1-2H3,(H,20,22)/b23-17+. The number of nitrogens with zero attached hydrogens (tertiary/aromatic N) is 3. The third-order valence-corrected chi connectivity index (χ3v) is 3.91. The molecule has 3 aromatic heterocycles. The van der Waals surface area contributed by atoms with Crippen LogP contribution in [0, 0.1) is 5.92 Å². The van der Waals surface area contributed by atoms with E-state index in [0.717, 1.165) is 40.7 Å². The zero-order valence-corrected chi connectivity index (χ0v) is 13.5. The summed E-state index contributed by atoms with van der Waals surface area (Å²) in [7, 11) is 0. The summed E-state index contributed by atoms with van der Waals surface area (Å²) >= 11 is 0. The Morgan fingerprint density at radius 3 is 2.83 bits per heavy atom. The van der Waals surface area contributed by atoms with Crippen LogP contribution in [0.3, 0.4) is 0 Å². The van der Waals surface area contributed by atoms with Crippen molar-refractivity contribution in [2.45, 2.75) is 26.7 Å². The minimum Gasteiger partial charge on any atom is -0.345 e. The largest absolute Gasteiger partial charge is 0.345 e. The number of fused-ring (bicyclic) bond motifs is 1. The fraction of sp³-hybridized carbons (Fsp3) is 0.278. The van der Waals surface area contributed by atoms with Gasteiger partial charge in [-0.15, -0.1) is 0 Å². The summed E-state index contributed by atoms with van der Waals surface area (Å²) in [6.07, 6.45) is 7.61. The topological polar surface area (TPSA) is 80.0 Å². The van der Waals surface area contributed by atoms with E-state index < -0.39 is 0 Å². The molecule has 0 radical (unpaired) electrons. The van der Waals surface area contributed by atoms with Crippen LogP contribution in [0.25, 0.3) is 11.0 Å². The van der Waals surface area contributed by atoms with Gasteiger partial charge >= 0.3 is 0 Å². The summed E-state index contributed by atoms with van der Waals surface area (Å²) in [6, 6.07) is 7.99. The Morgan fingerprint density at radius 2 is 2.13 bits per heavy atom. The van der Waals surface area contributed by atoms with Crippen LogP contribution in [0.2, 0.25) is 0 Å². The average molecular weight is 307 g/mol. The molecule has 0 fully saturated rings. The van der Waals surface area contributed by atoms with Gasteiger partial charge in [-0.1, -0.05) is 13.8 Å². The van der Waals surface area contributed by atoms with E-state index in [1.165, 1.54) is 0 Å². The predicted octanol–water partition coefficient (Wildman–Crippen LogP) is 3.26. The Balaban J connectivity index is 1.90. The molecule has 0 aliphatic heterocycles. The zero-order valence-electron chi connectivity index (χ0n) is 13.5. The summed E-state index contributed by atoms with van der Waals surface area (Å²) in [5.41, 5.74) is 4.48. The number of hydrogen-bond acceptors (Lipinski definition) is 4. The van der Waals surface area contributed by atoms with Crippen molar-refractivity contribution in [3.05, 3.63) is 59.7 Å². The van der Waals surface area contributed by atoms with E-state index in [9.17, 15) is 0 Å². The second-order valence-corrected chi connectivity index (χ2v) is 6.05. The van der Waals surface area contributed by atoms with Gasteiger partial charge in [0.05, 0.1) is 0 Å². The molecule has 0 aliphatic rings. The van der Waals surface area contributed by atoms with Gasteiger partial charge in [-0.2, -0.15) is 5.10 Å². The summed E-state index contributed by atoms with van der Waals surface area (Å²) in [4.78, 5) is 12.0. The van der Waals surface area contributed by atoms with Gasteiger partial charge in [-0.05, 0) is 43.0 Å². The second-order valence-electron chi connectivity index (χ2n) is 6.05. The number of aromatic amines is 1. The Labute approximate surface area is 135 Å². The molecule has 0 atom stereocenters. The predicted molar refractivity (Wildman–Crippen MR) is 93.3 cm³/mol. The molecule has 118 valence electrons. The lowest BCUT2D eigenvalue weighted by molar-refractivity contribution is 0.581. The molecule has 3 heterocycles. The molecular formula is C18H21N5. The fourth-order valence-corrected chi connectivity index (χ4v) is 2.60. The molecule has 5 nitrogen and oxygen atoms in total. The third-order valence-electron chi connectivity index (χ3n) is 3.91. The molecule has 0 bridgehead atoms. The highest BCUT2D eigenvalue weighted by Crippen LogP contribution is 2.20. The number of nitrogens with two attached hydrogens (primary N) is 1. The first kappa shape index (κ1) is 15.2. The number of hydrogen-bond donors (Lipinski definition) is 2. The maximum atomic E-state index is 5.65. The Kier molecular flexibility index (Phi) is 4.37. The smallest absolute Gasteiger partial charge is 0.137 e. The highest BCUT2D eigenvalue weighted by molar-refractivity contribution is 6.18. The van der Waals surface area contributed by atoms with E-state index in [2.05, 4.69) is 40.0 Å². The highest BCUT2D eigenvalue weighted by Gasteiger charge is 2.13. The van der Waals surface area contributed by atoms with Gasteiger partial charge in [0.15, 0.2) is 0 Å². The van der Waals surface area contributed by atoms with E-state index in [1.807, 2.05) is 30.6 Å². The van der Waals surface area contributed by atoms with Crippen molar-refractivity contribution in [2.24, 2.45) is 16.9 Å². The van der Waals surface area contributed by atoms with Gasteiger partial charge in [0.1, 0.15) is 11.4 Å². The molecule has 0 aliphatic carbocycles. The van der Waals surface area contributed by atoms with Gasteiger partial charge in [0, 0.05) is 40.8 Å². The molecular weight excluding hydrogens is 286 g/mol. The molecule has 3 rings (SSSR count). The Bertz CT molecular complexity index is 815. The van der Waals surface area contributed by atoms with Gasteiger partial charge in [0.25, 0.3) is 0 Å². The molecule has 5 heteroatoms. The van der Waals surface area contributed by atoms with Crippen molar-refractivity contribution in [1.82, 2.24) is 15.0 Å². The number of aromatic nitrogens is 3. The van der Waals surface area contributed by atoms with Gasteiger partial charge in [0.2, 0.25) is 0 Å². The highest BCUT2D eigenvalue weighted by atomic mass is 15.1. The van der Waals surface area contributed by atoms with Crippen molar-refractivity contribution >= 4 is 16.7 Å². The van der Waals surface area contributed by atoms with Crippen LogP contribution < -0.4 is 5.84 Å². The van der Waals surface area contributed by atoms with Gasteiger partial charge < -0.3 is 10.8 Å². The number of nitrogens with one attached hydrogen (secondary N) is 1. The van der Waals surface area contributed by atoms with Gasteiger partial charge in [-0.25, -0.2) is 4.98 Å². The van der Waals surface area contributed by atoms with Crippen LogP contribution in [-0.2, 0) is 6.42 Å². The van der Waals surface area contributed by atoms with Crippen molar-refractivity contribution in [1.29, 1.82) is 0 Å². The number of pyridine rings is 2. The molecule has 0 amide bonds. The number of aryl methyl sites for hydroxylation is 1. The van der Waals surface area contributed by atoms with Crippen LogP contribution in [-0.4, -0.2) is 20.7 Å². The van der Waals surface area contributed by atoms with Crippen LogP contribution in [0.15, 0.2) is 48.0 Å². The van der Waals surface area contributed by atoms with E-state index in [-0.39, 0.29) is 0 Å². The summed E-state index contributed by atoms with van der Waals surface area (Å²) in [5, 5.41) is 4.98. The molecule has 0 unspecified atom stereocenters. The first-order chi connectivity index (χ1) is 11.2. The summed E-state index contributed by atoms with van der Waals surface area (Å²) in [5.74, 6) is 6.33. The van der Waals surface area contributed by atoms with Crippen LogP contribution in [0.5, 0.6) is 0 Å². The molecule has 0 aromatic carbocycles. The maximum Gasteiger partial charge on any atom is 0.137 e. The molecule has 3 aromatic rings.